The van der Waals surface area contributed by atoms with Gasteiger partial charge in [0, 0.05) is 12.1 Å². The lowest BCUT2D eigenvalue weighted by Gasteiger charge is -2.35. The summed E-state index contributed by atoms with van der Waals surface area (Å²) in [5, 5.41) is 8.90. The van der Waals surface area contributed by atoms with Gasteiger partial charge in [0.25, 0.3) is 0 Å². The van der Waals surface area contributed by atoms with Crippen LogP contribution in [0.15, 0.2) is 77.7 Å². The largest absolute Gasteiger partial charge is 0.494 e. The van der Waals surface area contributed by atoms with Gasteiger partial charge in [0.1, 0.15) is 17.2 Å². The Morgan fingerprint density at radius 3 is 2.26 bits per heavy atom. The van der Waals surface area contributed by atoms with Crippen LogP contribution in [-0.4, -0.2) is 37.2 Å². The Morgan fingerprint density at radius 2 is 1.62 bits per heavy atom. The average molecular weight is 485 g/mol. The van der Waals surface area contributed by atoms with Crippen molar-refractivity contribution in [1.29, 1.82) is 0 Å². The van der Waals surface area contributed by atoms with E-state index in [1.165, 1.54) is 17.6 Å². The predicted octanol–water partition coefficient (Wildman–Crippen LogP) is 4.24. The molecular formula is C24H24N2O7S. The molecule has 0 spiro atoms. The fourth-order valence-corrected chi connectivity index (χ4v) is 5.21. The number of rotatable bonds is 7. The Morgan fingerprint density at radius 1 is 1.00 bits per heavy atom. The molecule has 3 aromatic rings. The van der Waals surface area contributed by atoms with E-state index in [9.17, 15) is 13.2 Å². The van der Waals surface area contributed by atoms with Crippen LogP contribution in [0.4, 0.5) is 4.79 Å². The first kappa shape index (κ1) is 23.6. The van der Waals surface area contributed by atoms with Gasteiger partial charge in [-0.1, -0.05) is 24.3 Å². The molecule has 1 aliphatic rings. The molecule has 1 atom stereocenters. The molecule has 0 aromatic heterocycles. The maximum atomic E-state index is 13.4. The molecule has 4 rings (SSSR count). The van der Waals surface area contributed by atoms with Crippen LogP contribution < -0.4 is 15.0 Å². The van der Waals surface area contributed by atoms with E-state index in [1.807, 2.05) is 19.1 Å². The quantitative estimate of drug-likeness (QED) is 0.381. The van der Waals surface area contributed by atoms with Crippen molar-refractivity contribution < 1.29 is 32.6 Å². The zero-order chi connectivity index (χ0) is 24.1. The van der Waals surface area contributed by atoms with Crippen LogP contribution in [-0.2, 0) is 21.2 Å². The highest BCUT2D eigenvalue weighted by Gasteiger charge is 2.39. The number of hydroxylamine groups is 1. The van der Waals surface area contributed by atoms with Crippen molar-refractivity contribution in [3.8, 4) is 17.2 Å². The molecule has 34 heavy (non-hydrogen) atoms. The molecule has 0 radical (unpaired) electrons. The molecule has 9 nitrogen and oxygen atoms in total. The summed E-state index contributed by atoms with van der Waals surface area (Å²) in [4.78, 5) is 11.8. The molecule has 1 unspecified atom stereocenters. The second-order valence-electron chi connectivity index (χ2n) is 7.41. The molecule has 1 aliphatic heterocycles. The van der Waals surface area contributed by atoms with E-state index in [1.54, 1.807) is 48.5 Å². The minimum absolute atomic E-state index is 0.0175. The van der Waals surface area contributed by atoms with Gasteiger partial charge in [0.15, 0.2) is 6.23 Å². The van der Waals surface area contributed by atoms with Gasteiger partial charge in [-0.2, -0.15) is 4.31 Å². The highest BCUT2D eigenvalue weighted by Crippen LogP contribution is 2.35. The maximum Gasteiger partial charge on any atom is 0.432 e. The topological polar surface area (TPSA) is 114 Å². The van der Waals surface area contributed by atoms with Crippen molar-refractivity contribution in [2.75, 3.05) is 13.2 Å². The number of hydrogen-bond acceptors (Lipinski definition) is 7. The number of sulfonamides is 1. The fraction of sp³-hybridized carbons (Fsp3) is 0.208. The second kappa shape index (κ2) is 10.1. The summed E-state index contributed by atoms with van der Waals surface area (Å²) in [7, 11) is -4.03. The third-order valence-electron chi connectivity index (χ3n) is 5.29. The summed E-state index contributed by atoms with van der Waals surface area (Å²) < 4.78 is 44.4. The van der Waals surface area contributed by atoms with E-state index < -0.39 is 22.3 Å². The van der Waals surface area contributed by atoms with Crippen LogP contribution >= 0.6 is 0 Å². The van der Waals surface area contributed by atoms with Crippen LogP contribution in [0.2, 0.25) is 0 Å². The number of benzene rings is 3. The van der Waals surface area contributed by atoms with Crippen molar-refractivity contribution >= 4 is 16.1 Å². The van der Waals surface area contributed by atoms with E-state index in [-0.39, 0.29) is 11.4 Å². The number of ether oxygens (including phenoxy) is 3. The summed E-state index contributed by atoms with van der Waals surface area (Å²) in [5.41, 5.74) is 2.79. The van der Waals surface area contributed by atoms with Gasteiger partial charge in [-0.25, -0.2) is 18.7 Å². The van der Waals surface area contributed by atoms with Crippen molar-refractivity contribution in [2.45, 2.75) is 24.5 Å². The summed E-state index contributed by atoms with van der Waals surface area (Å²) in [5.74, 6) is 1.76. The Hall–Kier alpha value is -3.60. The van der Waals surface area contributed by atoms with Crippen molar-refractivity contribution in [2.24, 2.45) is 0 Å². The maximum absolute atomic E-state index is 13.4. The number of carbonyl (C=O) groups excluding carboxylic acids is 1. The van der Waals surface area contributed by atoms with Gasteiger partial charge in [-0.3, -0.25) is 5.21 Å². The number of nitrogens with zero attached hydrogens (tertiary/aromatic N) is 1. The number of carbonyl (C=O) groups is 1. The minimum Gasteiger partial charge on any atom is -0.494 e. The smallest absolute Gasteiger partial charge is 0.432 e. The predicted molar refractivity (Wildman–Crippen MR) is 122 cm³/mol. The van der Waals surface area contributed by atoms with Crippen LogP contribution in [0.3, 0.4) is 0 Å². The van der Waals surface area contributed by atoms with Crippen LogP contribution in [0.5, 0.6) is 17.2 Å². The van der Waals surface area contributed by atoms with Crippen LogP contribution in [0.25, 0.3) is 0 Å². The normalized spacial score (nSPS) is 15.8. The zero-order valence-electron chi connectivity index (χ0n) is 18.4. The Balaban J connectivity index is 1.56. The van der Waals surface area contributed by atoms with Crippen molar-refractivity contribution in [1.82, 2.24) is 9.79 Å². The molecule has 0 bridgehead atoms. The second-order valence-corrected chi connectivity index (χ2v) is 9.30. The molecule has 2 N–H and O–H groups in total. The molecule has 0 aliphatic carbocycles. The van der Waals surface area contributed by atoms with Gasteiger partial charge < -0.3 is 14.2 Å². The fourth-order valence-electron chi connectivity index (χ4n) is 3.72. The lowest BCUT2D eigenvalue weighted by molar-refractivity contribution is 0.00236. The molecule has 10 heteroatoms. The summed E-state index contributed by atoms with van der Waals surface area (Å²) in [6.45, 7) is 2.57. The van der Waals surface area contributed by atoms with Gasteiger partial charge in [-0.05, 0) is 67.4 Å². The number of nitrogens with one attached hydrogen (secondary N) is 1. The van der Waals surface area contributed by atoms with Crippen molar-refractivity contribution in [3.05, 3.63) is 83.9 Å². The molecule has 0 saturated carbocycles. The summed E-state index contributed by atoms with van der Waals surface area (Å²) in [6, 6.07) is 20.2. The first-order valence-corrected chi connectivity index (χ1v) is 12.1. The number of amides is 1. The Labute approximate surface area is 197 Å². The third kappa shape index (κ3) is 4.98. The molecule has 0 fully saturated rings. The van der Waals surface area contributed by atoms with Gasteiger partial charge >= 0.3 is 6.09 Å². The lowest BCUT2D eigenvalue weighted by atomic mass is 10.00. The molecular weight excluding hydrogens is 460 g/mol. The summed E-state index contributed by atoms with van der Waals surface area (Å²) in [6.07, 6.45) is -1.92. The first-order chi connectivity index (χ1) is 16.4. The zero-order valence-corrected chi connectivity index (χ0v) is 19.2. The Bertz CT molecular complexity index is 1250. The molecule has 3 aromatic carbocycles. The van der Waals surface area contributed by atoms with Crippen LogP contribution in [0, 0.1) is 0 Å². The van der Waals surface area contributed by atoms with Gasteiger partial charge in [0.05, 0.1) is 11.5 Å². The highest BCUT2D eigenvalue weighted by atomic mass is 32.2. The SMILES string of the molecule is CCOc1ccc(Oc2ccc(S(=O)(=O)N3CCc4ccccc4C3OC(=O)NO)cc2)cc1. The van der Waals surface area contributed by atoms with E-state index >= 15 is 0 Å². The van der Waals surface area contributed by atoms with Crippen molar-refractivity contribution in [3.63, 3.8) is 0 Å². The molecule has 1 heterocycles. The van der Waals surface area contributed by atoms with Gasteiger partial charge in [-0.15, -0.1) is 0 Å². The standard InChI is InChI=1S/C24H24N2O7S/c1-2-31-18-7-9-19(10-8-18)32-20-11-13-21(14-12-20)34(29,30)26-16-15-17-5-3-4-6-22(17)23(26)33-24(27)25-28/h3-14,23,28H,2,15-16H2,1H3,(H,25,27). The van der Waals surface area contributed by atoms with Gasteiger partial charge in [0.2, 0.25) is 10.0 Å². The highest BCUT2D eigenvalue weighted by molar-refractivity contribution is 7.89. The van der Waals surface area contributed by atoms with Crippen LogP contribution in [0.1, 0.15) is 24.3 Å². The summed E-state index contributed by atoms with van der Waals surface area (Å²) >= 11 is 0. The van der Waals surface area contributed by atoms with E-state index in [0.29, 0.717) is 30.1 Å². The third-order valence-corrected chi connectivity index (χ3v) is 7.15. The molecule has 1 amide bonds. The number of hydrogen-bond donors (Lipinski definition) is 2. The molecule has 178 valence electrons. The average Bonchev–Trinajstić information content (AvgIpc) is 2.85. The lowest BCUT2D eigenvalue weighted by Crippen LogP contribution is -2.43. The Kier molecular flexibility index (Phi) is 7.01. The number of fused-ring (bicyclic) bond motifs is 1. The van der Waals surface area contributed by atoms with E-state index in [0.717, 1.165) is 15.6 Å². The monoisotopic (exact) mass is 484 g/mol. The molecule has 0 saturated heterocycles. The van der Waals surface area contributed by atoms with E-state index in [2.05, 4.69) is 0 Å². The first-order valence-electron chi connectivity index (χ1n) is 10.6. The minimum atomic E-state index is -4.03. The van der Waals surface area contributed by atoms with E-state index in [4.69, 9.17) is 19.4 Å².